The van der Waals surface area contributed by atoms with Gasteiger partial charge >= 0.3 is 23.9 Å². The smallest absolute Gasteiger partial charge is 0.303 e. The number of hydrogen-bond donors (Lipinski definition) is 0. The Bertz CT molecular complexity index is 1960. The van der Waals surface area contributed by atoms with Gasteiger partial charge in [0.15, 0.2) is 24.5 Å². The van der Waals surface area contributed by atoms with Gasteiger partial charge in [-0.25, -0.2) is 4.68 Å². The van der Waals surface area contributed by atoms with Crippen LogP contribution in [-0.4, -0.2) is 76.5 Å². The fourth-order valence-electron chi connectivity index (χ4n) is 6.29. The highest BCUT2D eigenvalue weighted by molar-refractivity contribution is 6.23. The lowest BCUT2D eigenvalue weighted by Gasteiger charge is -2.44. The summed E-state index contributed by atoms with van der Waals surface area (Å²) in [5.74, 6) is -2.75. The van der Waals surface area contributed by atoms with E-state index in [1.807, 2.05) is 0 Å². The van der Waals surface area contributed by atoms with E-state index in [1.54, 1.807) is 6.20 Å². The first kappa shape index (κ1) is 32.8. The van der Waals surface area contributed by atoms with Crippen molar-refractivity contribution < 1.29 is 47.6 Å². The molecule has 1 fully saturated rings. The normalized spacial score (nSPS) is 21.0. The molecule has 0 spiro atoms. The summed E-state index contributed by atoms with van der Waals surface area (Å²) < 4.78 is 35.0. The van der Waals surface area contributed by atoms with Gasteiger partial charge in [0, 0.05) is 27.7 Å². The zero-order valence-electron chi connectivity index (χ0n) is 26.9. The Balaban J connectivity index is 1.19. The number of benzene rings is 4. The van der Waals surface area contributed by atoms with Crippen LogP contribution in [0.5, 0.6) is 0 Å². The molecule has 13 nitrogen and oxygen atoms in total. The molecule has 48 heavy (non-hydrogen) atoms. The lowest BCUT2D eigenvalue weighted by molar-refractivity contribution is -0.270. The maximum atomic E-state index is 12.2. The van der Waals surface area contributed by atoms with Crippen LogP contribution in [0.25, 0.3) is 32.3 Å². The van der Waals surface area contributed by atoms with Crippen molar-refractivity contribution in [3.63, 3.8) is 0 Å². The van der Waals surface area contributed by atoms with Crippen molar-refractivity contribution >= 4 is 56.2 Å². The second kappa shape index (κ2) is 13.9. The van der Waals surface area contributed by atoms with Crippen molar-refractivity contribution in [3.05, 3.63) is 72.1 Å². The molecule has 1 aromatic heterocycles. The summed E-state index contributed by atoms with van der Waals surface area (Å²) in [5.41, 5.74) is 1.63. The molecule has 0 unspecified atom stereocenters. The van der Waals surface area contributed by atoms with Gasteiger partial charge in [-0.05, 0) is 44.3 Å². The quantitative estimate of drug-likeness (QED) is 0.0866. The van der Waals surface area contributed by atoms with Crippen LogP contribution in [0.1, 0.15) is 45.2 Å². The number of aromatic nitrogens is 3. The molecule has 0 bridgehead atoms. The molecule has 5 aromatic rings. The van der Waals surface area contributed by atoms with Gasteiger partial charge in [0.25, 0.3) is 0 Å². The third-order valence-electron chi connectivity index (χ3n) is 8.17. The Morgan fingerprint density at radius 1 is 0.750 bits per heavy atom. The number of carbonyl (C=O) groups excluding carboxylic acids is 4. The number of rotatable bonds is 11. The third kappa shape index (κ3) is 6.92. The van der Waals surface area contributed by atoms with Crippen LogP contribution in [0.4, 0.5) is 0 Å². The molecule has 13 heteroatoms. The van der Waals surface area contributed by atoms with Gasteiger partial charge in [-0.2, -0.15) is 0 Å². The molecule has 1 saturated heterocycles. The topological polar surface area (TPSA) is 154 Å². The molecule has 1 aliphatic heterocycles. The Morgan fingerprint density at radius 3 is 2.06 bits per heavy atom. The van der Waals surface area contributed by atoms with Crippen LogP contribution >= 0.6 is 0 Å². The van der Waals surface area contributed by atoms with Gasteiger partial charge in [-0.3, -0.25) is 19.2 Å². The van der Waals surface area contributed by atoms with Crippen LogP contribution in [-0.2, 0) is 60.6 Å². The van der Waals surface area contributed by atoms with Crippen LogP contribution in [0.15, 0.2) is 60.8 Å². The first-order chi connectivity index (χ1) is 23.1. The summed E-state index contributed by atoms with van der Waals surface area (Å²) in [6.07, 6.45) is -3.95. The molecule has 0 amide bonds. The summed E-state index contributed by atoms with van der Waals surface area (Å²) in [7, 11) is 0. The number of nitrogens with zero attached hydrogens (tertiary/aromatic N) is 3. The third-order valence-corrected chi connectivity index (χ3v) is 8.17. The largest absolute Gasteiger partial charge is 0.463 e. The molecule has 0 saturated carbocycles. The Labute approximate surface area is 275 Å². The van der Waals surface area contributed by atoms with Crippen molar-refractivity contribution in [2.24, 2.45) is 0 Å². The summed E-state index contributed by atoms with van der Waals surface area (Å²) in [4.78, 5) is 47.9. The Morgan fingerprint density at radius 2 is 1.38 bits per heavy atom. The molecule has 250 valence electrons. The van der Waals surface area contributed by atoms with Crippen molar-refractivity contribution in [1.82, 2.24) is 15.0 Å². The fourth-order valence-corrected chi connectivity index (χ4v) is 6.29. The SMILES string of the molecule is CC(=O)OC[C@H]1O[C@@H](n2cc(COCCc3ccc4ccc5cccc6ccc3c4c56)nn2)[C@H](OC(C)=O)[C@@H](OC(C)=O)[C@@H]1OC(C)=O. The summed E-state index contributed by atoms with van der Waals surface area (Å²) in [6.45, 7) is 4.90. The molecular weight excluding hydrogens is 622 g/mol. The fraction of sp³-hybridized carbons (Fsp3) is 0.371. The maximum Gasteiger partial charge on any atom is 0.303 e. The number of ether oxygens (including phenoxy) is 6. The predicted octanol–water partition coefficient (Wildman–Crippen LogP) is 4.19. The van der Waals surface area contributed by atoms with Crippen LogP contribution in [0, 0.1) is 0 Å². The molecule has 4 aromatic carbocycles. The van der Waals surface area contributed by atoms with E-state index < -0.39 is 54.5 Å². The van der Waals surface area contributed by atoms with E-state index in [1.165, 1.54) is 56.4 Å². The molecule has 0 radical (unpaired) electrons. The van der Waals surface area contributed by atoms with E-state index in [4.69, 9.17) is 28.4 Å². The van der Waals surface area contributed by atoms with Gasteiger partial charge in [0.2, 0.25) is 0 Å². The highest BCUT2D eigenvalue weighted by Crippen LogP contribution is 2.37. The molecule has 2 heterocycles. The molecular formula is C35H35N3O10. The zero-order chi connectivity index (χ0) is 33.9. The standard InChI is InChI=1S/C35H35N3O10/c1-19(39)44-18-29-32(45-20(2)40)33(46-21(3)41)34(47-22(4)42)35(48-29)38-16-27(36-37-38)17-43-15-14-23-8-9-26-11-10-24-6-5-7-25-12-13-28(23)31(26)30(24)25/h5-13,16,29,32-35H,14-15,17-18H2,1-4H3/t29-,32-,33+,34-,35-/m1/s1. The average molecular weight is 658 g/mol. The van der Waals surface area contributed by atoms with E-state index >= 15 is 0 Å². The zero-order valence-corrected chi connectivity index (χ0v) is 26.9. The summed E-state index contributed by atoms with van der Waals surface area (Å²) in [6, 6.07) is 19.2. The minimum Gasteiger partial charge on any atom is -0.463 e. The van der Waals surface area contributed by atoms with Crippen LogP contribution in [0.2, 0.25) is 0 Å². The number of hydrogen-bond acceptors (Lipinski definition) is 12. The summed E-state index contributed by atoms with van der Waals surface area (Å²) in [5, 5.41) is 15.7. The second-order valence-corrected chi connectivity index (χ2v) is 11.7. The van der Waals surface area contributed by atoms with E-state index in [0.29, 0.717) is 18.7 Å². The molecule has 6 rings (SSSR count). The highest BCUT2D eigenvalue weighted by Gasteiger charge is 2.53. The Kier molecular flexibility index (Phi) is 9.51. The van der Waals surface area contributed by atoms with Crippen molar-refractivity contribution in [3.8, 4) is 0 Å². The van der Waals surface area contributed by atoms with E-state index in [-0.39, 0.29) is 13.2 Å². The molecule has 1 aliphatic rings. The monoisotopic (exact) mass is 657 g/mol. The van der Waals surface area contributed by atoms with Gasteiger partial charge < -0.3 is 28.4 Å². The van der Waals surface area contributed by atoms with Gasteiger partial charge in [0.1, 0.15) is 18.4 Å². The molecule has 0 N–H and O–H groups in total. The summed E-state index contributed by atoms with van der Waals surface area (Å²) >= 11 is 0. The minimum atomic E-state index is -1.32. The molecule has 5 atom stereocenters. The predicted molar refractivity (Wildman–Crippen MR) is 171 cm³/mol. The van der Waals surface area contributed by atoms with E-state index in [2.05, 4.69) is 64.9 Å². The number of carbonyl (C=O) groups is 4. The minimum absolute atomic E-state index is 0.122. The average Bonchev–Trinajstić information content (AvgIpc) is 3.51. The van der Waals surface area contributed by atoms with E-state index in [9.17, 15) is 19.2 Å². The van der Waals surface area contributed by atoms with E-state index in [0.717, 1.165) is 13.8 Å². The van der Waals surface area contributed by atoms with Crippen LogP contribution < -0.4 is 0 Å². The Hall–Kier alpha value is -5.14. The van der Waals surface area contributed by atoms with Gasteiger partial charge in [-0.15, -0.1) is 5.10 Å². The van der Waals surface area contributed by atoms with Crippen molar-refractivity contribution in [2.45, 2.75) is 71.4 Å². The number of esters is 4. The second-order valence-electron chi connectivity index (χ2n) is 11.7. The molecule has 0 aliphatic carbocycles. The maximum absolute atomic E-state index is 12.2. The first-order valence-corrected chi connectivity index (χ1v) is 15.5. The van der Waals surface area contributed by atoms with Crippen molar-refractivity contribution in [2.75, 3.05) is 13.2 Å². The van der Waals surface area contributed by atoms with Gasteiger partial charge in [-0.1, -0.05) is 59.8 Å². The first-order valence-electron chi connectivity index (χ1n) is 15.5. The van der Waals surface area contributed by atoms with Crippen LogP contribution in [0.3, 0.4) is 0 Å². The van der Waals surface area contributed by atoms with Crippen molar-refractivity contribution in [1.29, 1.82) is 0 Å². The highest BCUT2D eigenvalue weighted by atomic mass is 16.7. The lowest BCUT2D eigenvalue weighted by Crippen LogP contribution is -2.60. The van der Waals surface area contributed by atoms with Gasteiger partial charge in [0.05, 0.1) is 19.4 Å². The lowest BCUT2D eigenvalue weighted by atomic mass is 9.91.